The second-order valence-electron chi connectivity index (χ2n) is 6.69. The van der Waals surface area contributed by atoms with E-state index >= 15 is 0 Å². The maximum atomic E-state index is 13.1. The zero-order valence-corrected chi connectivity index (χ0v) is 16.2. The van der Waals surface area contributed by atoms with Gasteiger partial charge < -0.3 is 14.5 Å². The third-order valence-corrected chi connectivity index (χ3v) is 6.90. The van der Waals surface area contributed by atoms with Gasteiger partial charge in [0, 0.05) is 39.3 Å². The van der Waals surface area contributed by atoms with E-state index in [1.165, 1.54) is 16.4 Å². The fourth-order valence-electron chi connectivity index (χ4n) is 3.36. The fraction of sp³-hybridized carbons (Fsp3) is 0.444. The molecule has 0 atom stereocenters. The smallest absolute Gasteiger partial charge is 0.243 e. The number of nitrogens with zero attached hydrogens (tertiary/aromatic N) is 5. The van der Waals surface area contributed by atoms with Crippen molar-refractivity contribution in [1.82, 2.24) is 14.5 Å². The number of anilines is 2. The molecule has 0 radical (unpaired) electrons. The van der Waals surface area contributed by atoms with Crippen molar-refractivity contribution in [2.24, 2.45) is 0 Å². The minimum absolute atomic E-state index is 0.108. The molecule has 2 saturated heterocycles. The van der Waals surface area contributed by atoms with Gasteiger partial charge in [-0.3, -0.25) is 0 Å². The third kappa shape index (κ3) is 3.94. The summed E-state index contributed by atoms with van der Waals surface area (Å²) in [5.74, 6) is 1.10. The van der Waals surface area contributed by atoms with E-state index in [1.54, 1.807) is 0 Å². The molecule has 0 N–H and O–H groups in total. The van der Waals surface area contributed by atoms with Crippen LogP contribution in [-0.4, -0.2) is 75.4 Å². The molecular formula is C18H22FN5O3S. The van der Waals surface area contributed by atoms with Gasteiger partial charge in [-0.15, -0.1) is 10.2 Å². The summed E-state index contributed by atoms with van der Waals surface area (Å²) >= 11 is 0. The van der Waals surface area contributed by atoms with Crippen molar-refractivity contribution in [2.45, 2.75) is 4.90 Å². The molecule has 8 nitrogen and oxygen atoms in total. The average Bonchev–Trinajstić information content (AvgIpc) is 2.75. The molecule has 2 aromatic rings. The summed E-state index contributed by atoms with van der Waals surface area (Å²) in [5.41, 5.74) is 0. The molecule has 2 aliphatic rings. The van der Waals surface area contributed by atoms with Crippen LogP contribution in [0.4, 0.5) is 16.0 Å². The van der Waals surface area contributed by atoms with Crippen LogP contribution < -0.4 is 9.80 Å². The lowest BCUT2D eigenvalue weighted by Crippen LogP contribution is -2.49. The van der Waals surface area contributed by atoms with Crippen molar-refractivity contribution in [3.63, 3.8) is 0 Å². The first-order valence-electron chi connectivity index (χ1n) is 9.21. The summed E-state index contributed by atoms with van der Waals surface area (Å²) in [6.07, 6.45) is 0. The van der Waals surface area contributed by atoms with Gasteiger partial charge >= 0.3 is 0 Å². The summed E-state index contributed by atoms with van der Waals surface area (Å²) in [6.45, 7) is 4.70. The number of rotatable bonds is 4. The number of halogens is 1. The minimum Gasteiger partial charge on any atom is -0.378 e. The Hall–Kier alpha value is -2.30. The van der Waals surface area contributed by atoms with Crippen molar-refractivity contribution in [3.8, 4) is 0 Å². The molecule has 0 bridgehead atoms. The number of morpholine rings is 1. The molecule has 3 heterocycles. The molecule has 2 aliphatic heterocycles. The number of sulfonamides is 1. The Labute approximate surface area is 163 Å². The highest BCUT2D eigenvalue weighted by Gasteiger charge is 2.29. The largest absolute Gasteiger partial charge is 0.378 e. The first-order valence-corrected chi connectivity index (χ1v) is 10.7. The Bertz CT molecular complexity index is 894. The predicted octanol–water partition coefficient (Wildman–Crippen LogP) is 0.963. The van der Waals surface area contributed by atoms with Gasteiger partial charge in [0.2, 0.25) is 10.0 Å². The number of ether oxygens (including phenoxy) is 1. The second kappa shape index (κ2) is 7.98. The number of hydrogen-bond acceptors (Lipinski definition) is 7. The van der Waals surface area contributed by atoms with E-state index in [9.17, 15) is 12.8 Å². The second-order valence-corrected chi connectivity index (χ2v) is 8.63. The van der Waals surface area contributed by atoms with Crippen LogP contribution >= 0.6 is 0 Å². The molecule has 1 aromatic heterocycles. The molecule has 0 aliphatic carbocycles. The van der Waals surface area contributed by atoms with Gasteiger partial charge in [0.25, 0.3) is 0 Å². The summed E-state index contributed by atoms with van der Waals surface area (Å²) < 4.78 is 45.2. The Kier molecular flexibility index (Phi) is 5.42. The van der Waals surface area contributed by atoms with E-state index < -0.39 is 15.8 Å². The zero-order chi connectivity index (χ0) is 19.6. The Morgan fingerprint density at radius 3 is 1.86 bits per heavy atom. The van der Waals surface area contributed by atoms with Crippen LogP contribution in [0.5, 0.6) is 0 Å². The van der Waals surface area contributed by atoms with Gasteiger partial charge in [0.1, 0.15) is 5.82 Å². The Morgan fingerprint density at radius 1 is 0.786 bits per heavy atom. The quantitative estimate of drug-likeness (QED) is 0.747. The van der Waals surface area contributed by atoms with Crippen molar-refractivity contribution in [2.75, 3.05) is 62.3 Å². The highest BCUT2D eigenvalue weighted by molar-refractivity contribution is 7.89. The van der Waals surface area contributed by atoms with E-state index in [-0.39, 0.29) is 4.90 Å². The van der Waals surface area contributed by atoms with Crippen LogP contribution in [0.2, 0.25) is 0 Å². The standard InChI is InChI=1S/C18H22FN5O3S/c19-15-1-3-16(4-2-15)28(25,26)24-9-7-22(8-10-24)17-5-6-18(21-20-17)23-11-13-27-14-12-23/h1-6H,7-14H2. The first-order chi connectivity index (χ1) is 13.5. The lowest BCUT2D eigenvalue weighted by molar-refractivity contribution is 0.122. The topological polar surface area (TPSA) is 78.9 Å². The maximum absolute atomic E-state index is 13.1. The van der Waals surface area contributed by atoms with Crippen LogP contribution in [0, 0.1) is 5.82 Å². The Balaban J connectivity index is 1.39. The zero-order valence-electron chi connectivity index (χ0n) is 15.4. The number of benzene rings is 1. The van der Waals surface area contributed by atoms with E-state index in [4.69, 9.17) is 4.74 Å². The monoisotopic (exact) mass is 407 g/mol. The molecule has 10 heteroatoms. The summed E-state index contributed by atoms with van der Waals surface area (Å²) in [5, 5.41) is 8.63. The summed E-state index contributed by atoms with van der Waals surface area (Å²) in [6, 6.07) is 8.78. The molecule has 1 aromatic carbocycles. The van der Waals surface area contributed by atoms with Gasteiger partial charge in [-0.25, -0.2) is 12.8 Å². The molecular weight excluding hydrogens is 385 g/mol. The molecule has 28 heavy (non-hydrogen) atoms. The fourth-order valence-corrected chi connectivity index (χ4v) is 4.78. The average molecular weight is 407 g/mol. The molecule has 4 rings (SSSR count). The van der Waals surface area contributed by atoms with Crippen molar-refractivity contribution < 1.29 is 17.5 Å². The van der Waals surface area contributed by atoms with Gasteiger partial charge in [0.05, 0.1) is 18.1 Å². The number of hydrogen-bond donors (Lipinski definition) is 0. The number of aromatic nitrogens is 2. The van der Waals surface area contributed by atoms with Crippen LogP contribution in [0.25, 0.3) is 0 Å². The Morgan fingerprint density at radius 2 is 1.32 bits per heavy atom. The molecule has 0 saturated carbocycles. The van der Waals surface area contributed by atoms with Crippen LogP contribution in [-0.2, 0) is 14.8 Å². The molecule has 2 fully saturated rings. The van der Waals surface area contributed by atoms with Crippen LogP contribution in [0.15, 0.2) is 41.3 Å². The molecule has 0 unspecified atom stereocenters. The van der Waals surface area contributed by atoms with Crippen molar-refractivity contribution >= 4 is 21.7 Å². The predicted molar refractivity (Wildman–Crippen MR) is 102 cm³/mol. The number of piperazine rings is 1. The van der Waals surface area contributed by atoms with Crippen LogP contribution in [0.3, 0.4) is 0 Å². The third-order valence-electron chi connectivity index (χ3n) is 4.99. The lowest BCUT2D eigenvalue weighted by Gasteiger charge is -2.34. The van der Waals surface area contributed by atoms with Crippen molar-refractivity contribution in [1.29, 1.82) is 0 Å². The van der Waals surface area contributed by atoms with E-state index in [1.807, 2.05) is 17.0 Å². The van der Waals surface area contributed by atoms with E-state index in [0.717, 1.165) is 36.9 Å². The lowest BCUT2D eigenvalue weighted by atomic mass is 10.3. The van der Waals surface area contributed by atoms with Gasteiger partial charge in [-0.1, -0.05) is 0 Å². The summed E-state index contributed by atoms with van der Waals surface area (Å²) in [7, 11) is -3.62. The van der Waals surface area contributed by atoms with E-state index in [0.29, 0.717) is 39.4 Å². The minimum atomic E-state index is -3.62. The van der Waals surface area contributed by atoms with Gasteiger partial charge in [-0.05, 0) is 36.4 Å². The first kappa shape index (κ1) is 19.0. The molecule has 0 spiro atoms. The highest BCUT2D eigenvalue weighted by Crippen LogP contribution is 2.21. The maximum Gasteiger partial charge on any atom is 0.243 e. The van der Waals surface area contributed by atoms with Crippen LogP contribution in [0.1, 0.15) is 0 Å². The normalized spacial score (nSPS) is 19.0. The van der Waals surface area contributed by atoms with E-state index in [2.05, 4.69) is 15.1 Å². The highest BCUT2D eigenvalue weighted by atomic mass is 32.2. The SMILES string of the molecule is O=S(=O)(c1ccc(F)cc1)N1CCN(c2ccc(N3CCOCC3)nn2)CC1. The molecule has 150 valence electrons. The summed E-state index contributed by atoms with van der Waals surface area (Å²) in [4.78, 5) is 4.26. The van der Waals surface area contributed by atoms with Crippen molar-refractivity contribution in [3.05, 3.63) is 42.2 Å². The van der Waals surface area contributed by atoms with Gasteiger partial charge in [0.15, 0.2) is 11.6 Å². The molecule has 0 amide bonds. The van der Waals surface area contributed by atoms with Gasteiger partial charge in [-0.2, -0.15) is 4.31 Å².